The molecule has 0 aromatic heterocycles. The molecule has 1 rings (SSSR count). The normalized spacial score (nSPS) is 7.62. The maximum atomic E-state index is 3.72. The molecule has 0 atom stereocenters. The second-order valence-corrected chi connectivity index (χ2v) is 1.49. The first-order chi connectivity index (χ1) is 3.39. The maximum absolute atomic E-state index is 3.72. The van der Waals surface area contributed by atoms with Gasteiger partial charge in [0.2, 0.25) is 0 Å². The van der Waals surface area contributed by atoms with Gasteiger partial charge in [-0.1, -0.05) is 30.3 Å². The fourth-order valence-electron chi connectivity index (χ4n) is 0.478. The van der Waals surface area contributed by atoms with Crippen molar-refractivity contribution in [2.75, 3.05) is 0 Å². The first-order valence-corrected chi connectivity index (χ1v) is 2.26. The predicted molar refractivity (Wildman–Crippen MR) is 30.9 cm³/mol. The summed E-state index contributed by atoms with van der Waals surface area (Å²) in [4.78, 5) is 0. The van der Waals surface area contributed by atoms with Gasteiger partial charge >= 0.3 is 0 Å². The maximum Gasteiger partial charge on any atom is 0 e. The van der Waals surface area contributed by atoms with Crippen LogP contribution in [0.3, 0.4) is 0 Å². The minimum absolute atomic E-state index is 0. The van der Waals surface area contributed by atoms with Gasteiger partial charge in [-0.2, -0.15) is 0 Å². The van der Waals surface area contributed by atoms with E-state index in [0.717, 1.165) is 5.56 Å². The molecule has 8 heavy (non-hydrogen) atoms. The number of hydrogen-bond donors (Lipinski definition) is 0. The Morgan fingerprint density at radius 1 is 1.00 bits per heavy atom. The molecule has 0 aliphatic carbocycles. The van der Waals surface area contributed by atoms with Crippen LogP contribution in [0.1, 0.15) is 5.56 Å². The van der Waals surface area contributed by atoms with Crippen molar-refractivity contribution in [3.63, 3.8) is 0 Å². The summed E-state index contributed by atoms with van der Waals surface area (Å²) in [7, 11) is 0. The van der Waals surface area contributed by atoms with Crippen LogP contribution < -0.4 is 0 Å². The van der Waals surface area contributed by atoms with Crippen molar-refractivity contribution >= 4 is 0 Å². The van der Waals surface area contributed by atoms with Crippen LogP contribution in [0.5, 0.6) is 0 Å². The predicted octanol–water partition coefficient (Wildman–Crippen LogP) is 1.87. The van der Waals surface area contributed by atoms with Gasteiger partial charge in [0.25, 0.3) is 0 Å². The van der Waals surface area contributed by atoms with Crippen LogP contribution in [0.25, 0.3) is 0 Å². The van der Waals surface area contributed by atoms with Crippen molar-refractivity contribution in [2.24, 2.45) is 0 Å². The summed E-state index contributed by atoms with van der Waals surface area (Å²) in [5.41, 5.74) is 1.07. The Kier molecular flexibility index (Phi) is 3.78. The van der Waals surface area contributed by atoms with E-state index >= 15 is 0 Å². The van der Waals surface area contributed by atoms with Crippen LogP contribution in [0.4, 0.5) is 0 Å². The van der Waals surface area contributed by atoms with Crippen molar-refractivity contribution < 1.29 is 20.4 Å². The zero-order valence-electron chi connectivity index (χ0n) is 4.41. The zero-order valence-corrected chi connectivity index (χ0v) is 5.96. The Hall–Kier alpha value is -0.118. The molecular formula is C7H7Pd. The van der Waals surface area contributed by atoms with E-state index in [-0.39, 0.29) is 20.4 Å². The van der Waals surface area contributed by atoms with Gasteiger partial charge in [-0.25, -0.2) is 0 Å². The molecule has 45 valence electrons. The monoisotopic (exact) mass is 197 g/mol. The molecule has 0 fully saturated rings. The topological polar surface area (TPSA) is 0 Å². The fourth-order valence-corrected chi connectivity index (χ4v) is 0.478. The number of benzene rings is 1. The second kappa shape index (κ2) is 3.83. The van der Waals surface area contributed by atoms with E-state index in [1.54, 1.807) is 0 Å². The molecule has 0 aliphatic rings. The molecule has 1 heteroatoms. The van der Waals surface area contributed by atoms with E-state index in [9.17, 15) is 0 Å². The molecule has 0 nitrogen and oxygen atoms in total. The molecule has 0 amide bonds. The summed E-state index contributed by atoms with van der Waals surface area (Å²) in [5, 5.41) is 0. The minimum atomic E-state index is 0. The van der Waals surface area contributed by atoms with Gasteiger partial charge in [0.05, 0.1) is 0 Å². The van der Waals surface area contributed by atoms with Crippen molar-refractivity contribution in [2.45, 2.75) is 0 Å². The molecule has 0 N–H and O–H groups in total. The Morgan fingerprint density at radius 3 is 1.75 bits per heavy atom. The van der Waals surface area contributed by atoms with E-state index in [4.69, 9.17) is 0 Å². The molecule has 0 aliphatic heterocycles. The number of hydrogen-bond acceptors (Lipinski definition) is 0. The SMILES string of the molecule is [CH2]c1ccccc1.[Pd]. The molecular weight excluding hydrogens is 190 g/mol. The molecule has 1 aromatic rings. The summed E-state index contributed by atoms with van der Waals surface area (Å²) in [6.45, 7) is 3.72. The van der Waals surface area contributed by atoms with Crippen LogP contribution in [0.2, 0.25) is 0 Å². The summed E-state index contributed by atoms with van der Waals surface area (Å²) in [6.07, 6.45) is 0. The van der Waals surface area contributed by atoms with Gasteiger partial charge in [0.1, 0.15) is 0 Å². The average Bonchev–Trinajstić information content (AvgIpc) is 1.69. The Morgan fingerprint density at radius 2 is 1.50 bits per heavy atom. The van der Waals surface area contributed by atoms with Crippen LogP contribution >= 0.6 is 0 Å². The summed E-state index contributed by atoms with van der Waals surface area (Å²) < 4.78 is 0. The standard InChI is InChI=1S/C7H7.Pd/c1-7-5-3-2-4-6-7;/h2-6H,1H2;. The molecule has 0 saturated heterocycles. The first kappa shape index (κ1) is 7.88. The zero-order chi connectivity index (χ0) is 5.11. The van der Waals surface area contributed by atoms with Crippen molar-refractivity contribution in [1.82, 2.24) is 0 Å². The van der Waals surface area contributed by atoms with Gasteiger partial charge in [-0.05, 0) is 12.5 Å². The Labute approximate surface area is 63.6 Å². The first-order valence-electron chi connectivity index (χ1n) is 2.26. The van der Waals surface area contributed by atoms with E-state index < -0.39 is 0 Å². The largest absolute Gasteiger partial charge is 0.0622 e. The van der Waals surface area contributed by atoms with Crippen LogP contribution in [-0.4, -0.2) is 0 Å². The van der Waals surface area contributed by atoms with Crippen LogP contribution in [-0.2, 0) is 20.4 Å². The molecule has 0 saturated carbocycles. The van der Waals surface area contributed by atoms with Gasteiger partial charge < -0.3 is 0 Å². The van der Waals surface area contributed by atoms with Crippen molar-refractivity contribution in [3.8, 4) is 0 Å². The summed E-state index contributed by atoms with van der Waals surface area (Å²) >= 11 is 0. The van der Waals surface area contributed by atoms with E-state index in [2.05, 4.69) is 6.92 Å². The second-order valence-electron chi connectivity index (χ2n) is 1.49. The number of rotatable bonds is 0. The molecule has 1 aromatic carbocycles. The van der Waals surface area contributed by atoms with Gasteiger partial charge in [0.15, 0.2) is 0 Å². The van der Waals surface area contributed by atoms with Gasteiger partial charge in [-0.3, -0.25) is 0 Å². The third kappa shape index (κ3) is 2.26. The van der Waals surface area contributed by atoms with E-state index in [1.165, 1.54) is 0 Å². The minimum Gasteiger partial charge on any atom is -0.0622 e. The third-order valence-corrected chi connectivity index (χ3v) is 0.843. The van der Waals surface area contributed by atoms with E-state index in [0.29, 0.717) is 0 Å². The smallest absolute Gasteiger partial charge is 0 e. The molecule has 0 spiro atoms. The van der Waals surface area contributed by atoms with E-state index in [1.807, 2.05) is 30.3 Å². The van der Waals surface area contributed by atoms with Gasteiger partial charge in [-0.15, -0.1) is 0 Å². The quantitative estimate of drug-likeness (QED) is 0.557. The summed E-state index contributed by atoms with van der Waals surface area (Å²) in [6, 6.07) is 9.87. The Balaban J connectivity index is 0.000000490. The van der Waals surface area contributed by atoms with Crippen molar-refractivity contribution in [3.05, 3.63) is 42.8 Å². The Bertz CT molecular complexity index is 134. The molecule has 0 heterocycles. The van der Waals surface area contributed by atoms with Crippen LogP contribution in [0, 0.1) is 6.92 Å². The van der Waals surface area contributed by atoms with Crippen LogP contribution in [0.15, 0.2) is 30.3 Å². The molecule has 0 bridgehead atoms. The average molecular weight is 198 g/mol. The fraction of sp³-hybridized carbons (Fsp3) is 0. The molecule has 0 unspecified atom stereocenters. The molecule has 1 radical (unpaired) electrons. The van der Waals surface area contributed by atoms with Gasteiger partial charge in [0, 0.05) is 20.4 Å². The third-order valence-electron chi connectivity index (χ3n) is 0.843. The summed E-state index contributed by atoms with van der Waals surface area (Å²) in [5.74, 6) is 0. The van der Waals surface area contributed by atoms with Crippen molar-refractivity contribution in [1.29, 1.82) is 0 Å².